The maximum absolute atomic E-state index is 11.0. The van der Waals surface area contributed by atoms with Gasteiger partial charge in [-0.2, -0.15) is 0 Å². The Morgan fingerprint density at radius 3 is 2.92 bits per heavy atom. The molecule has 1 aromatic carbocycles. The molecule has 1 nitrogen and oxygen atoms in total. The molecule has 1 aromatic rings. The number of carbonyl (C=O) groups is 1. The Balaban J connectivity index is 1.99. The molecule has 0 aliphatic heterocycles. The molecule has 13 heavy (non-hydrogen) atoms. The first kappa shape index (κ1) is 7.57. The van der Waals surface area contributed by atoms with Gasteiger partial charge in [-0.15, -0.1) is 0 Å². The number of rotatable bonds is 1. The molecule has 0 heterocycles. The zero-order chi connectivity index (χ0) is 9.00. The number of fused-ring (bicyclic) bond motifs is 3. The van der Waals surface area contributed by atoms with Gasteiger partial charge >= 0.3 is 0 Å². The normalized spacial score (nSPS) is 33.8. The summed E-state index contributed by atoms with van der Waals surface area (Å²) < 4.78 is 0. The van der Waals surface area contributed by atoms with Gasteiger partial charge in [0, 0.05) is 5.92 Å². The molecule has 0 radical (unpaired) electrons. The number of carbonyl (C=O) groups excluding carboxylic acids is 1. The second-order valence-corrected chi connectivity index (χ2v) is 4.29. The van der Waals surface area contributed by atoms with Crippen molar-refractivity contribution in [3.63, 3.8) is 0 Å². The minimum absolute atomic E-state index is 0.122. The molecule has 0 amide bonds. The van der Waals surface area contributed by atoms with Crippen LogP contribution in [0.3, 0.4) is 0 Å². The van der Waals surface area contributed by atoms with Crippen molar-refractivity contribution in [1.82, 2.24) is 0 Å². The van der Waals surface area contributed by atoms with E-state index in [9.17, 15) is 4.79 Å². The molecule has 2 aliphatic carbocycles. The van der Waals surface area contributed by atoms with E-state index in [1.807, 2.05) is 6.07 Å². The molecule has 0 N–H and O–H groups in total. The third-order valence-corrected chi connectivity index (χ3v) is 3.55. The number of hydrogen-bond donors (Lipinski definition) is 0. The second-order valence-electron chi connectivity index (χ2n) is 3.92. The summed E-state index contributed by atoms with van der Waals surface area (Å²) in [5.41, 5.74) is 2.76. The van der Waals surface area contributed by atoms with Gasteiger partial charge in [0.15, 0.2) is 0 Å². The molecule has 2 heteroatoms. The first-order valence-corrected chi connectivity index (χ1v) is 4.94. The second kappa shape index (κ2) is 2.36. The third kappa shape index (κ3) is 0.910. The van der Waals surface area contributed by atoms with Crippen LogP contribution in [-0.4, -0.2) is 5.24 Å². The highest BCUT2D eigenvalue weighted by molar-refractivity contribution is 6.64. The average Bonchev–Trinajstić information content (AvgIpc) is 2.71. The fraction of sp³-hybridized carbons (Fsp3) is 0.364. The summed E-state index contributed by atoms with van der Waals surface area (Å²) in [6, 6.07) is 8.37. The summed E-state index contributed by atoms with van der Waals surface area (Å²) in [5, 5.41) is -0.149. The molecule has 0 bridgehead atoms. The Morgan fingerprint density at radius 1 is 1.38 bits per heavy atom. The van der Waals surface area contributed by atoms with Crippen LogP contribution in [-0.2, 0) is 11.2 Å². The Hall–Kier alpha value is -0.820. The molecule has 66 valence electrons. The molecule has 3 rings (SSSR count). The summed E-state index contributed by atoms with van der Waals surface area (Å²) in [7, 11) is 0. The van der Waals surface area contributed by atoms with Crippen molar-refractivity contribution in [2.24, 2.45) is 11.8 Å². The van der Waals surface area contributed by atoms with Gasteiger partial charge in [-0.3, -0.25) is 4.79 Å². The van der Waals surface area contributed by atoms with Crippen LogP contribution < -0.4 is 0 Å². The van der Waals surface area contributed by atoms with Crippen LogP contribution in [0.1, 0.15) is 17.0 Å². The van der Waals surface area contributed by atoms with Crippen molar-refractivity contribution in [1.29, 1.82) is 0 Å². The first-order chi connectivity index (χ1) is 6.29. The standard InChI is InChI=1S/C11H9ClO/c12-11(13)10-8-5-6-3-1-2-4-7(6)9(8)10/h1-4,8-10H,5H2/t8-,9+,10-/m1/s1. The zero-order valence-electron chi connectivity index (χ0n) is 7.03. The zero-order valence-corrected chi connectivity index (χ0v) is 7.79. The highest BCUT2D eigenvalue weighted by Gasteiger charge is 2.58. The van der Waals surface area contributed by atoms with Crippen LogP contribution in [0, 0.1) is 11.8 Å². The van der Waals surface area contributed by atoms with Gasteiger partial charge in [0.1, 0.15) is 0 Å². The smallest absolute Gasteiger partial charge is 0.225 e. The third-order valence-electron chi connectivity index (χ3n) is 3.30. The van der Waals surface area contributed by atoms with Crippen LogP contribution in [0.2, 0.25) is 0 Å². The van der Waals surface area contributed by atoms with Gasteiger partial charge in [-0.05, 0) is 41.0 Å². The predicted molar refractivity (Wildman–Crippen MR) is 50.7 cm³/mol. The van der Waals surface area contributed by atoms with E-state index < -0.39 is 0 Å². The number of halogens is 1. The summed E-state index contributed by atoms with van der Waals surface area (Å²) in [6.45, 7) is 0. The molecule has 1 saturated carbocycles. The van der Waals surface area contributed by atoms with Crippen LogP contribution >= 0.6 is 11.6 Å². The fourth-order valence-electron chi connectivity index (χ4n) is 2.66. The Bertz CT molecular complexity index is 385. The first-order valence-electron chi connectivity index (χ1n) is 4.56. The van der Waals surface area contributed by atoms with Gasteiger partial charge in [0.2, 0.25) is 5.24 Å². The van der Waals surface area contributed by atoms with Crippen molar-refractivity contribution >= 4 is 16.8 Å². The number of hydrogen-bond acceptors (Lipinski definition) is 1. The Kier molecular flexibility index (Phi) is 1.37. The Labute approximate surface area is 81.7 Å². The molecule has 0 spiro atoms. The highest BCUT2D eigenvalue weighted by Crippen LogP contribution is 2.61. The molecule has 2 aliphatic rings. The summed E-state index contributed by atoms with van der Waals surface area (Å²) in [4.78, 5) is 11.0. The van der Waals surface area contributed by atoms with Gasteiger partial charge in [-0.1, -0.05) is 24.3 Å². The maximum atomic E-state index is 11.0. The summed E-state index contributed by atoms with van der Waals surface area (Å²) in [6.07, 6.45) is 1.05. The monoisotopic (exact) mass is 192 g/mol. The van der Waals surface area contributed by atoms with E-state index in [2.05, 4.69) is 18.2 Å². The molecule has 0 saturated heterocycles. The predicted octanol–water partition coefficient (Wildman–Crippen LogP) is 2.34. The van der Waals surface area contributed by atoms with Gasteiger partial charge in [0.05, 0.1) is 0 Å². The molecule has 0 unspecified atom stereocenters. The van der Waals surface area contributed by atoms with E-state index in [-0.39, 0.29) is 11.2 Å². The van der Waals surface area contributed by atoms with Crippen molar-refractivity contribution in [3.8, 4) is 0 Å². The van der Waals surface area contributed by atoms with Crippen LogP contribution in [0.5, 0.6) is 0 Å². The van der Waals surface area contributed by atoms with Crippen molar-refractivity contribution in [2.75, 3.05) is 0 Å². The highest BCUT2D eigenvalue weighted by atomic mass is 35.5. The van der Waals surface area contributed by atoms with Gasteiger partial charge in [0.25, 0.3) is 0 Å². The minimum Gasteiger partial charge on any atom is -0.281 e. The van der Waals surface area contributed by atoms with Crippen LogP contribution in [0.25, 0.3) is 0 Å². The lowest BCUT2D eigenvalue weighted by atomic mass is 10.0. The molecule has 3 atom stereocenters. The lowest BCUT2D eigenvalue weighted by Crippen LogP contribution is -1.99. The lowest BCUT2D eigenvalue weighted by Gasteiger charge is -2.03. The van der Waals surface area contributed by atoms with E-state index in [4.69, 9.17) is 11.6 Å². The molecular formula is C11H9ClO. The van der Waals surface area contributed by atoms with Crippen molar-refractivity contribution < 1.29 is 4.79 Å². The fourth-order valence-corrected chi connectivity index (χ4v) is 2.96. The molecular weight excluding hydrogens is 184 g/mol. The number of benzene rings is 1. The molecule has 1 fully saturated rings. The lowest BCUT2D eigenvalue weighted by molar-refractivity contribution is -0.113. The van der Waals surface area contributed by atoms with E-state index >= 15 is 0 Å². The average molecular weight is 193 g/mol. The Morgan fingerprint density at radius 2 is 2.15 bits per heavy atom. The summed E-state index contributed by atoms with van der Waals surface area (Å²) >= 11 is 5.51. The van der Waals surface area contributed by atoms with Crippen molar-refractivity contribution in [2.45, 2.75) is 12.3 Å². The van der Waals surface area contributed by atoms with Crippen LogP contribution in [0.4, 0.5) is 0 Å². The topological polar surface area (TPSA) is 17.1 Å². The van der Waals surface area contributed by atoms with Crippen molar-refractivity contribution in [3.05, 3.63) is 35.4 Å². The largest absolute Gasteiger partial charge is 0.281 e. The SMILES string of the molecule is O=C(Cl)[C@@H]1[C@@H]2Cc3ccccc3[C@@H]21. The maximum Gasteiger partial charge on any atom is 0.225 e. The van der Waals surface area contributed by atoms with Gasteiger partial charge in [-0.25, -0.2) is 0 Å². The van der Waals surface area contributed by atoms with E-state index in [0.29, 0.717) is 11.8 Å². The van der Waals surface area contributed by atoms with E-state index in [0.717, 1.165) is 6.42 Å². The van der Waals surface area contributed by atoms with E-state index in [1.54, 1.807) is 0 Å². The van der Waals surface area contributed by atoms with Gasteiger partial charge < -0.3 is 0 Å². The summed E-state index contributed by atoms with van der Waals surface area (Å²) in [5.74, 6) is 1.08. The van der Waals surface area contributed by atoms with Crippen LogP contribution in [0.15, 0.2) is 24.3 Å². The molecule has 0 aromatic heterocycles. The quantitative estimate of drug-likeness (QED) is 0.625. The van der Waals surface area contributed by atoms with E-state index in [1.165, 1.54) is 11.1 Å². The minimum atomic E-state index is -0.149.